The molecular weight excluding hydrogens is 445 g/mol. The highest BCUT2D eigenvalue weighted by atomic mass is 35.5. The molecule has 0 saturated carbocycles. The summed E-state index contributed by atoms with van der Waals surface area (Å²) in [5.74, 6) is 0.303. The van der Waals surface area contributed by atoms with Crippen molar-refractivity contribution in [2.45, 2.75) is 19.2 Å². The first-order valence-corrected chi connectivity index (χ1v) is 9.78. The highest BCUT2D eigenvalue weighted by Gasteiger charge is 2.40. The first kappa shape index (κ1) is 21.8. The molecule has 0 amide bonds. The van der Waals surface area contributed by atoms with E-state index in [1.807, 2.05) is 0 Å². The van der Waals surface area contributed by atoms with Gasteiger partial charge in [0.15, 0.2) is 11.3 Å². The lowest BCUT2D eigenvalue weighted by atomic mass is 10.1. The minimum Gasteiger partial charge on any atom is -0.389 e. The zero-order valence-corrected chi connectivity index (χ0v) is 17.5. The Labute approximate surface area is 185 Å². The fourth-order valence-electron chi connectivity index (χ4n) is 3.60. The molecule has 0 spiro atoms. The van der Waals surface area contributed by atoms with Crippen molar-refractivity contribution in [2.75, 3.05) is 18.0 Å². The number of hydrogen-bond acceptors (Lipinski definition) is 6. The summed E-state index contributed by atoms with van der Waals surface area (Å²) >= 11 is 6.08. The van der Waals surface area contributed by atoms with Crippen LogP contribution in [0.5, 0.6) is 0 Å². The summed E-state index contributed by atoms with van der Waals surface area (Å²) in [5, 5.41) is 24.7. The van der Waals surface area contributed by atoms with Crippen molar-refractivity contribution in [2.24, 2.45) is 4.99 Å². The van der Waals surface area contributed by atoms with Crippen molar-refractivity contribution in [1.82, 2.24) is 14.6 Å². The summed E-state index contributed by atoms with van der Waals surface area (Å²) in [6.07, 6.45) is -2.20. The van der Waals surface area contributed by atoms with E-state index in [-0.39, 0.29) is 18.7 Å². The minimum absolute atomic E-state index is 0.193. The van der Waals surface area contributed by atoms with Crippen LogP contribution in [0.15, 0.2) is 23.2 Å². The van der Waals surface area contributed by atoms with Crippen LogP contribution in [-0.4, -0.2) is 45.6 Å². The number of anilines is 1. The Morgan fingerprint density at radius 3 is 2.66 bits per heavy atom. The molecule has 7 nitrogen and oxygen atoms in total. The highest BCUT2D eigenvalue weighted by Crippen LogP contribution is 2.36. The van der Waals surface area contributed by atoms with Gasteiger partial charge in [0.2, 0.25) is 0 Å². The number of aliphatic hydroxyl groups excluding tert-OH is 1. The molecule has 0 radical (unpaired) electrons. The van der Waals surface area contributed by atoms with Gasteiger partial charge in [0.05, 0.1) is 11.8 Å². The SMILES string of the molecule is C=N/C=c1/cc(Cl)cc/c1=C\c1c(C)nc2c(C#N)c(C(F)(F)F)nn2c1N1CC(O)C1. The van der Waals surface area contributed by atoms with Gasteiger partial charge in [0.25, 0.3) is 0 Å². The summed E-state index contributed by atoms with van der Waals surface area (Å²) in [5.41, 5.74) is -1.26. The molecule has 1 aliphatic rings. The van der Waals surface area contributed by atoms with Crippen LogP contribution in [-0.2, 0) is 6.18 Å². The Hall–Kier alpha value is -3.42. The van der Waals surface area contributed by atoms with Gasteiger partial charge in [-0.05, 0) is 37.1 Å². The lowest BCUT2D eigenvalue weighted by Gasteiger charge is -2.38. The number of halogens is 4. The van der Waals surface area contributed by atoms with Crippen LogP contribution in [0.4, 0.5) is 19.0 Å². The second-order valence-electron chi connectivity index (χ2n) is 7.29. The minimum atomic E-state index is -4.82. The molecule has 164 valence electrons. The third-order valence-corrected chi connectivity index (χ3v) is 5.32. The van der Waals surface area contributed by atoms with Crippen LogP contribution in [0.3, 0.4) is 0 Å². The summed E-state index contributed by atoms with van der Waals surface area (Å²) in [6, 6.07) is 6.67. The largest absolute Gasteiger partial charge is 0.436 e. The van der Waals surface area contributed by atoms with Crippen molar-refractivity contribution in [3.8, 4) is 6.07 Å². The number of fused-ring (bicyclic) bond motifs is 1. The standard InChI is InChI=1S/C21H16ClF3N6O/c1-11-16(6-12-3-4-14(22)5-13(12)8-27-2)20(30-9-15(32)10-30)31-19(28-11)17(7-26)18(29-31)21(23,24)25/h3-6,8,15,32H,2,9-10H2,1H3/b12-6+,13-8-. The van der Waals surface area contributed by atoms with Crippen LogP contribution >= 0.6 is 11.6 Å². The molecule has 1 fully saturated rings. The molecule has 3 heterocycles. The normalized spacial score (nSPS) is 15.8. The van der Waals surface area contributed by atoms with Gasteiger partial charge in [-0.15, -0.1) is 0 Å². The predicted molar refractivity (Wildman–Crippen MR) is 114 cm³/mol. The van der Waals surface area contributed by atoms with Gasteiger partial charge in [-0.3, -0.25) is 4.99 Å². The fourth-order valence-corrected chi connectivity index (χ4v) is 3.78. The first-order valence-electron chi connectivity index (χ1n) is 9.41. The molecule has 32 heavy (non-hydrogen) atoms. The van der Waals surface area contributed by atoms with E-state index in [9.17, 15) is 23.5 Å². The number of nitrogens with zero attached hydrogens (tertiary/aromatic N) is 6. The van der Waals surface area contributed by atoms with Crippen LogP contribution in [0.2, 0.25) is 5.02 Å². The Bertz CT molecular complexity index is 1400. The summed E-state index contributed by atoms with van der Waals surface area (Å²) in [6.45, 7) is 5.50. The van der Waals surface area contributed by atoms with Gasteiger partial charge in [-0.1, -0.05) is 17.7 Å². The third kappa shape index (κ3) is 3.70. The quantitative estimate of drug-likeness (QED) is 0.604. The van der Waals surface area contributed by atoms with Gasteiger partial charge in [0, 0.05) is 35.1 Å². The van der Waals surface area contributed by atoms with Crippen LogP contribution < -0.4 is 15.3 Å². The van der Waals surface area contributed by atoms with E-state index < -0.39 is 23.5 Å². The zero-order chi connectivity index (χ0) is 23.2. The Balaban J connectivity index is 2.10. The summed E-state index contributed by atoms with van der Waals surface area (Å²) in [7, 11) is 0. The average Bonchev–Trinajstić information content (AvgIpc) is 3.07. The number of aliphatic hydroxyl groups is 1. The maximum atomic E-state index is 13.5. The van der Waals surface area contributed by atoms with Gasteiger partial charge >= 0.3 is 6.18 Å². The first-order chi connectivity index (χ1) is 15.1. The van der Waals surface area contributed by atoms with Crippen LogP contribution in [0, 0.1) is 18.3 Å². The average molecular weight is 461 g/mol. The summed E-state index contributed by atoms with van der Waals surface area (Å²) < 4.78 is 41.6. The Morgan fingerprint density at radius 1 is 1.34 bits per heavy atom. The van der Waals surface area contributed by atoms with E-state index in [4.69, 9.17) is 11.6 Å². The number of aromatic nitrogens is 3. The van der Waals surface area contributed by atoms with Crippen molar-refractivity contribution >= 4 is 42.1 Å². The number of rotatable bonds is 3. The monoisotopic (exact) mass is 460 g/mol. The van der Waals surface area contributed by atoms with Crippen molar-refractivity contribution in [3.63, 3.8) is 0 Å². The van der Waals surface area contributed by atoms with E-state index in [2.05, 4.69) is 21.8 Å². The van der Waals surface area contributed by atoms with E-state index in [0.29, 0.717) is 32.5 Å². The topological polar surface area (TPSA) is 89.8 Å². The van der Waals surface area contributed by atoms with E-state index in [1.54, 1.807) is 42.2 Å². The van der Waals surface area contributed by atoms with Gasteiger partial charge in [-0.25, -0.2) is 4.98 Å². The number of aliphatic imine (C=N–C) groups is 1. The second-order valence-corrected chi connectivity index (χ2v) is 7.73. The van der Waals surface area contributed by atoms with Gasteiger partial charge in [-0.2, -0.15) is 28.0 Å². The Kier molecular flexibility index (Phi) is 5.40. The zero-order valence-electron chi connectivity index (χ0n) is 16.7. The lowest BCUT2D eigenvalue weighted by molar-refractivity contribution is -0.141. The van der Waals surface area contributed by atoms with Crippen molar-refractivity contribution in [1.29, 1.82) is 5.26 Å². The molecule has 4 rings (SSSR count). The number of benzene rings is 1. The molecule has 1 aromatic carbocycles. The number of alkyl halides is 3. The molecule has 1 N–H and O–H groups in total. The van der Waals surface area contributed by atoms with Crippen molar-refractivity contribution < 1.29 is 18.3 Å². The second kappa shape index (κ2) is 7.93. The molecule has 0 bridgehead atoms. The highest BCUT2D eigenvalue weighted by molar-refractivity contribution is 6.30. The van der Waals surface area contributed by atoms with Crippen LogP contribution in [0.25, 0.3) is 17.9 Å². The molecule has 0 unspecified atom stereocenters. The number of hydrogen-bond donors (Lipinski definition) is 1. The molecule has 2 aromatic heterocycles. The third-order valence-electron chi connectivity index (χ3n) is 5.09. The molecule has 0 aliphatic carbocycles. The molecule has 0 atom stereocenters. The molecule has 1 aliphatic heterocycles. The van der Waals surface area contributed by atoms with Gasteiger partial charge in [0.1, 0.15) is 17.5 Å². The maximum Gasteiger partial charge on any atom is 0.436 e. The number of β-amino-alcohol motifs (C(OH)–C–C–N with tert-alkyl or cyclic N) is 1. The maximum absolute atomic E-state index is 13.5. The number of nitriles is 1. The molecule has 3 aromatic rings. The fraction of sp³-hybridized carbons (Fsp3) is 0.238. The Morgan fingerprint density at radius 2 is 2.06 bits per heavy atom. The molecule has 11 heteroatoms. The van der Waals surface area contributed by atoms with Gasteiger partial charge < -0.3 is 10.0 Å². The van der Waals surface area contributed by atoms with E-state index in [0.717, 1.165) is 4.52 Å². The van der Waals surface area contributed by atoms with E-state index in [1.165, 1.54) is 6.20 Å². The van der Waals surface area contributed by atoms with E-state index >= 15 is 0 Å². The predicted octanol–water partition coefficient (Wildman–Crippen LogP) is 2.03. The molecular formula is C21H16ClF3N6O. The molecule has 1 saturated heterocycles. The lowest BCUT2D eigenvalue weighted by Crippen LogP contribution is -2.52. The van der Waals surface area contributed by atoms with Crippen molar-refractivity contribution in [3.05, 3.63) is 56.2 Å². The smallest absolute Gasteiger partial charge is 0.389 e. The van der Waals surface area contributed by atoms with Crippen LogP contribution in [0.1, 0.15) is 22.5 Å². The number of aryl methyl sites for hydroxylation is 1. The summed E-state index contributed by atoms with van der Waals surface area (Å²) in [4.78, 5) is 9.75.